The lowest BCUT2D eigenvalue weighted by molar-refractivity contribution is 0.144. The van der Waals surface area contributed by atoms with Crippen LogP contribution in [0.25, 0.3) is 0 Å². The van der Waals surface area contributed by atoms with Crippen molar-refractivity contribution >= 4 is 11.6 Å². The zero-order chi connectivity index (χ0) is 9.68. The molecule has 0 saturated heterocycles. The van der Waals surface area contributed by atoms with Crippen molar-refractivity contribution in [2.75, 3.05) is 20.3 Å². The van der Waals surface area contributed by atoms with E-state index in [1.807, 2.05) is 24.3 Å². The molecule has 1 atom stereocenters. The van der Waals surface area contributed by atoms with Gasteiger partial charge in [-0.15, -0.1) is 0 Å². The van der Waals surface area contributed by atoms with E-state index in [2.05, 4.69) is 0 Å². The van der Waals surface area contributed by atoms with Crippen LogP contribution in [0.3, 0.4) is 0 Å². The molecule has 0 amide bonds. The molecule has 0 heterocycles. The van der Waals surface area contributed by atoms with Crippen LogP contribution in [-0.2, 0) is 4.74 Å². The Labute approximate surface area is 83.1 Å². The van der Waals surface area contributed by atoms with Crippen LogP contribution < -0.4 is 0 Å². The van der Waals surface area contributed by atoms with Crippen molar-refractivity contribution in [2.45, 2.75) is 5.92 Å². The number of benzene rings is 1. The number of methoxy groups -OCH3 is 1. The van der Waals surface area contributed by atoms with Gasteiger partial charge in [-0.2, -0.15) is 0 Å². The first-order chi connectivity index (χ1) is 6.27. The Hall–Kier alpha value is -0.570. The van der Waals surface area contributed by atoms with Gasteiger partial charge in [-0.25, -0.2) is 0 Å². The average molecular weight is 201 g/mol. The minimum atomic E-state index is 0.0173. The molecule has 0 spiro atoms. The third-order valence-corrected chi connectivity index (χ3v) is 2.14. The van der Waals surface area contributed by atoms with Gasteiger partial charge >= 0.3 is 0 Å². The summed E-state index contributed by atoms with van der Waals surface area (Å²) in [5.74, 6) is 0.0173. The zero-order valence-electron chi connectivity index (χ0n) is 7.53. The number of hydrogen-bond acceptors (Lipinski definition) is 2. The quantitative estimate of drug-likeness (QED) is 0.807. The molecule has 0 aliphatic heterocycles. The van der Waals surface area contributed by atoms with E-state index in [1.54, 1.807) is 7.11 Å². The standard InChI is InChI=1S/C10H13ClO2/c1-13-7-9(6-12)8-3-2-4-10(11)5-8/h2-5,9,12H,6-7H2,1H3. The maximum atomic E-state index is 9.08. The first kappa shape index (κ1) is 10.5. The van der Waals surface area contributed by atoms with Gasteiger partial charge in [0.05, 0.1) is 13.2 Å². The fourth-order valence-electron chi connectivity index (χ4n) is 1.22. The van der Waals surface area contributed by atoms with Crippen LogP contribution in [0.1, 0.15) is 11.5 Å². The molecule has 0 fully saturated rings. The molecule has 0 aliphatic rings. The minimum absolute atomic E-state index is 0.0173. The molecule has 1 rings (SSSR count). The highest BCUT2D eigenvalue weighted by Gasteiger charge is 2.09. The van der Waals surface area contributed by atoms with Gasteiger partial charge in [-0.3, -0.25) is 0 Å². The summed E-state index contributed by atoms with van der Waals surface area (Å²) in [7, 11) is 1.62. The summed E-state index contributed by atoms with van der Waals surface area (Å²) in [5, 5.41) is 9.77. The van der Waals surface area contributed by atoms with Gasteiger partial charge in [0.25, 0.3) is 0 Å². The zero-order valence-corrected chi connectivity index (χ0v) is 8.29. The summed E-state index contributed by atoms with van der Waals surface area (Å²) in [4.78, 5) is 0. The molecule has 1 aromatic rings. The monoisotopic (exact) mass is 200 g/mol. The normalized spacial score (nSPS) is 12.8. The number of aliphatic hydroxyl groups is 1. The molecular formula is C10H13ClO2. The Morgan fingerprint density at radius 2 is 2.31 bits per heavy atom. The van der Waals surface area contributed by atoms with E-state index in [0.717, 1.165) is 5.56 Å². The van der Waals surface area contributed by atoms with Gasteiger partial charge in [-0.1, -0.05) is 23.7 Å². The Bertz CT molecular complexity index is 263. The van der Waals surface area contributed by atoms with E-state index in [0.29, 0.717) is 11.6 Å². The van der Waals surface area contributed by atoms with Crippen molar-refractivity contribution in [3.05, 3.63) is 34.9 Å². The van der Waals surface area contributed by atoms with Gasteiger partial charge in [0.2, 0.25) is 0 Å². The molecule has 13 heavy (non-hydrogen) atoms. The lowest BCUT2D eigenvalue weighted by atomic mass is 10.0. The van der Waals surface area contributed by atoms with Crippen molar-refractivity contribution in [1.29, 1.82) is 0 Å². The Morgan fingerprint density at radius 1 is 1.54 bits per heavy atom. The Balaban J connectivity index is 2.78. The second kappa shape index (κ2) is 5.22. The number of halogens is 1. The van der Waals surface area contributed by atoms with Crippen LogP contribution in [0, 0.1) is 0 Å². The van der Waals surface area contributed by atoms with E-state index in [-0.39, 0.29) is 12.5 Å². The summed E-state index contributed by atoms with van der Waals surface area (Å²) in [6, 6.07) is 7.47. The summed E-state index contributed by atoms with van der Waals surface area (Å²) < 4.78 is 4.99. The molecule has 0 aliphatic carbocycles. The highest BCUT2D eigenvalue weighted by molar-refractivity contribution is 6.30. The number of ether oxygens (including phenoxy) is 1. The summed E-state index contributed by atoms with van der Waals surface area (Å²) in [6.45, 7) is 0.588. The van der Waals surface area contributed by atoms with E-state index in [1.165, 1.54) is 0 Å². The number of aliphatic hydroxyl groups excluding tert-OH is 1. The molecule has 3 heteroatoms. The second-order valence-corrected chi connectivity index (χ2v) is 3.33. The highest BCUT2D eigenvalue weighted by atomic mass is 35.5. The van der Waals surface area contributed by atoms with Crippen molar-refractivity contribution < 1.29 is 9.84 Å². The van der Waals surface area contributed by atoms with Gasteiger partial charge in [0.1, 0.15) is 0 Å². The fourth-order valence-corrected chi connectivity index (χ4v) is 1.41. The third kappa shape index (κ3) is 2.99. The summed E-state index contributed by atoms with van der Waals surface area (Å²) in [5.41, 5.74) is 1.01. The summed E-state index contributed by atoms with van der Waals surface area (Å²) >= 11 is 5.82. The van der Waals surface area contributed by atoms with E-state index >= 15 is 0 Å². The highest BCUT2D eigenvalue weighted by Crippen LogP contribution is 2.19. The summed E-state index contributed by atoms with van der Waals surface area (Å²) in [6.07, 6.45) is 0. The maximum absolute atomic E-state index is 9.08. The van der Waals surface area contributed by atoms with Crippen LogP contribution >= 0.6 is 11.6 Å². The van der Waals surface area contributed by atoms with Crippen molar-refractivity contribution in [1.82, 2.24) is 0 Å². The van der Waals surface area contributed by atoms with E-state index in [4.69, 9.17) is 21.4 Å². The van der Waals surface area contributed by atoms with Crippen molar-refractivity contribution in [3.8, 4) is 0 Å². The predicted octanol–water partition coefficient (Wildman–Crippen LogP) is 2.06. The molecule has 0 bridgehead atoms. The van der Waals surface area contributed by atoms with Crippen LogP contribution in [0.4, 0.5) is 0 Å². The predicted molar refractivity (Wildman–Crippen MR) is 53.2 cm³/mol. The molecule has 72 valence electrons. The average Bonchev–Trinajstić information content (AvgIpc) is 2.14. The van der Waals surface area contributed by atoms with Crippen molar-refractivity contribution in [3.63, 3.8) is 0 Å². The Kier molecular flexibility index (Phi) is 4.22. The van der Waals surface area contributed by atoms with Gasteiger partial charge in [0, 0.05) is 18.1 Å². The van der Waals surface area contributed by atoms with Crippen LogP contribution in [0.5, 0.6) is 0 Å². The van der Waals surface area contributed by atoms with Crippen LogP contribution in [0.15, 0.2) is 24.3 Å². The first-order valence-corrected chi connectivity index (χ1v) is 4.51. The van der Waals surface area contributed by atoms with Gasteiger partial charge in [0.15, 0.2) is 0 Å². The molecule has 1 N–H and O–H groups in total. The molecule has 0 radical (unpaired) electrons. The third-order valence-electron chi connectivity index (χ3n) is 1.91. The topological polar surface area (TPSA) is 29.5 Å². The first-order valence-electron chi connectivity index (χ1n) is 4.13. The molecule has 2 nitrogen and oxygen atoms in total. The van der Waals surface area contributed by atoms with E-state index < -0.39 is 0 Å². The molecule has 1 aromatic carbocycles. The fraction of sp³-hybridized carbons (Fsp3) is 0.400. The van der Waals surface area contributed by atoms with Crippen LogP contribution in [0.2, 0.25) is 5.02 Å². The second-order valence-electron chi connectivity index (χ2n) is 2.89. The Morgan fingerprint density at radius 3 is 2.85 bits per heavy atom. The van der Waals surface area contributed by atoms with Crippen LogP contribution in [-0.4, -0.2) is 25.4 Å². The number of hydrogen-bond donors (Lipinski definition) is 1. The van der Waals surface area contributed by atoms with Gasteiger partial charge < -0.3 is 9.84 Å². The molecular weight excluding hydrogens is 188 g/mol. The SMILES string of the molecule is COCC(CO)c1cccc(Cl)c1. The minimum Gasteiger partial charge on any atom is -0.396 e. The van der Waals surface area contributed by atoms with Gasteiger partial charge in [-0.05, 0) is 17.7 Å². The smallest absolute Gasteiger partial charge is 0.0553 e. The molecule has 0 aromatic heterocycles. The maximum Gasteiger partial charge on any atom is 0.0553 e. The lowest BCUT2D eigenvalue weighted by Crippen LogP contribution is -2.10. The van der Waals surface area contributed by atoms with E-state index in [9.17, 15) is 0 Å². The largest absolute Gasteiger partial charge is 0.396 e. The van der Waals surface area contributed by atoms with Crippen molar-refractivity contribution in [2.24, 2.45) is 0 Å². The molecule has 1 unspecified atom stereocenters. The number of rotatable bonds is 4. The molecule has 0 saturated carbocycles. The lowest BCUT2D eigenvalue weighted by Gasteiger charge is -2.13.